The molecule has 0 aromatic heterocycles. The smallest absolute Gasteiger partial charge is 0.338 e. The molecule has 0 radical (unpaired) electrons. The van der Waals surface area contributed by atoms with E-state index in [9.17, 15) is 14.4 Å². The van der Waals surface area contributed by atoms with Crippen LogP contribution in [0.3, 0.4) is 0 Å². The number of nitrogens with one attached hydrogen (secondary N) is 3. The van der Waals surface area contributed by atoms with Gasteiger partial charge in [-0.15, -0.1) is 0 Å². The topological polar surface area (TPSA) is 99.8 Å². The molecule has 186 valence electrons. The van der Waals surface area contributed by atoms with Crippen LogP contribution in [0.5, 0.6) is 0 Å². The molecule has 0 spiro atoms. The SMILES string of the molecule is CCOC(=O)c1ccc(NC(=O)Nc2cc(NC(=O)c3cccc(C)c3)ccc2N2CCCC2)cc1. The summed E-state index contributed by atoms with van der Waals surface area (Å²) in [5.41, 5.74) is 4.59. The second-order valence-corrected chi connectivity index (χ2v) is 8.63. The number of hydrogen-bond acceptors (Lipinski definition) is 5. The fourth-order valence-electron chi connectivity index (χ4n) is 4.13. The number of ether oxygens (including phenoxy) is 1. The maximum Gasteiger partial charge on any atom is 0.338 e. The van der Waals surface area contributed by atoms with Gasteiger partial charge in [0.2, 0.25) is 0 Å². The van der Waals surface area contributed by atoms with E-state index < -0.39 is 12.0 Å². The van der Waals surface area contributed by atoms with Crippen molar-refractivity contribution < 1.29 is 19.1 Å². The van der Waals surface area contributed by atoms with Crippen LogP contribution in [-0.2, 0) is 4.74 Å². The summed E-state index contributed by atoms with van der Waals surface area (Å²) in [4.78, 5) is 39.6. The van der Waals surface area contributed by atoms with E-state index in [0.717, 1.165) is 37.2 Å². The van der Waals surface area contributed by atoms with Gasteiger partial charge in [-0.1, -0.05) is 17.7 Å². The molecular formula is C28H30N4O4. The van der Waals surface area contributed by atoms with Gasteiger partial charge in [-0.2, -0.15) is 0 Å². The van der Waals surface area contributed by atoms with Gasteiger partial charge < -0.3 is 25.6 Å². The van der Waals surface area contributed by atoms with Crippen molar-refractivity contribution in [2.75, 3.05) is 40.5 Å². The van der Waals surface area contributed by atoms with E-state index in [1.807, 2.05) is 37.3 Å². The summed E-state index contributed by atoms with van der Waals surface area (Å²) in [6.07, 6.45) is 2.18. The molecule has 0 aliphatic carbocycles. The van der Waals surface area contributed by atoms with Gasteiger partial charge in [0.25, 0.3) is 5.91 Å². The number of carbonyl (C=O) groups excluding carboxylic acids is 3. The number of nitrogens with zero attached hydrogens (tertiary/aromatic N) is 1. The third kappa shape index (κ3) is 6.21. The zero-order chi connectivity index (χ0) is 25.5. The van der Waals surface area contributed by atoms with Gasteiger partial charge >= 0.3 is 12.0 Å². The van der Waals surface area contributed by atoms with E-state index in [1.165, 1.54) is 0 Å². The van der Waals surface area contributed by atoms with E-state index in [2.05, 4.69) is 20.9 Å². The molecule has 1 fully saturated rings. The summed E-state index contributed by atoms with van der Waals surface area (Å²) >= 11 is 0. The van der Waals surface area contributed by atoms with Crippen molar-refractivity contribution in [3.63, 3.8) is 0 Å². The van der Waals surface area contributed by atoms with Crippen molar-refractivity contribution in [2.45, 2.75) is 26.7 Å². The lowest BCUT2D eigenvalue weighted by Crippen LogP contribution is -2.24. The highest BCUT2D eigenvalue weighted by Gasteiger charge is 2.18. The normalized spacial score (nSPS) is 12.7. The maximum atomic E-state index is 12.8. The van der Waals surface area contributed by atoms with Crippen LogP contribution in [-0.4, -0.2) is 37.6 Å². The second-order valence-electron chi connectivity index (χ2n) is 8.63. The van der Waals surface area contributed by atoms with Crippen LogP contribution in [0, 0.1) is 6.92 Å². The summed E-state index contributed by atoms with van der Waals surface area (Å²) in [5, 5.41) is 8.63. The lowest BCUT2D eigenvalue weighted by Gasteiger charge is -2.22. The van der Waals surface area contributed by atoms with Gasteiger partial charge in [-0.05, 0) is 81.3 Å². The molecule has 3 aromatic rings. The third-order valence-electron chi connectivity index (χ3n) is 5.88. The van der Waals surface area contributed by atoms with Gasteiger partial charge in [0, 0.05) is 30.0 Å². The van der Waals surface area contributed by atoms with Crippen LogP contribution < -0.4 is 20.9 Å². The molecule has 0 unspecified atom stereocenters. The van der Waals surface area contributed by atoms with Crippen LogP contribution in [0.15, 0.2) is 66.7 Å². The number of hydrogen-bond donors (Lipinski definition) is 3. The van der Waals surface area contributed by atoms with E-state index >= 15 is 0 Å². The number of anilines is 4. The summed E-state index contributed by atoms with van der Waals surface area (Å²) in [5.74, 6) is -0.627. The molecule has 1 heterocycles. The molecule has 0 saturated carbocycles. The number of benzene rings is 3. The molecule has 1 saturated heterocycles. The number of carbonyl (C=O) groups is 3. The fraction of sp³-hybridized carbons (Fsp3) is 0.250. The van der Waals surface area contributed by atoms with Gasteiger partial charge in [0.1, 0.15) is 0 Å². The van der Waals surface area contributed by atoms with E-state index in [4.69, 9.17) is 4.74 Å². The molecule has 8 heteroatoms. The van der Waals surface area contributed by atoms with Gasteiger partial charge in [-0.3, -0.25) is 4.79 Å². The first-order chi connectivity index (χ1) is 17.4. The minimum atomic E-state index is -0.429. The Bertz CT molecular complexity index is 1250. The summed E-state index contributed by atoms with van der Waals surface area (Å²) < 4.78 is 4.99. The molecule has 1 aliphatic rings. The fourth-order valence-corrected chi connectivity index (χ4v) is 4.13. The monoisotopic (exact) mass is 486 g/mol. The highest BCUT2D eigenvalue weighted by molar-refractivity contribution is 6.06. The first-order valence-corrected chi connectivity index (χ1v) is 12.0. The first kappa shape index (κ1) is 24.8. The Morgan fingerprint density at radius 3 is 2.25 bits per heavy atom. The van der Waals surface area contributed by atoms with Gasteiger partial charge in [-0.25, -0.2) is 9.59 Å². The molecule has 0 bridgehead atoms. The second kappa shape index (κ2) is 11.4. The van der Waals surface area contributed by atoms with Crippen molar-refractivity contribution in [2.24, 2.45) is 0 Å². The van der Waals surface area contributed by atoms with E-state index in [1.54, 1.807) is 43.3 Å². The molecule has 1 aliphatic heterocycles. The number of rotatable bonds is 7. The highest BCUT2D eigenvalue weighted by Crippen LogP contribution is 2.32. The van der Waals surface area contributed by atoms with Gasteiger partial charge in [0.05, 0.1) is 23.5 Å². The Balaban J connectivity index is 1.49. The first-order valence-electron chi connectivity index (χ1n) is 12.0. The van der Waals surface area contributed by atoms with Crippen molar-refractivity contribution >= 4 is 40.7 Å². The molecule has 8 nitrogen and oxygen atoms in total. The van der Waals surface area contributed by atoms with Crippen LogP contribution >= 0.6 is 0 Å². The summed E-state index contributed by atoms with van der Waals surface area (Å²) in [6.45, 7) is 5.79. The van der Waals surface area contributed by atoms with Gasteiger partial charge in [0.15, 0.2) is 0 Å². The average Bonchev–Trinajstić information content (AvgIpc) is 3.39. The zero-order valence-electron chi connectivity index (χ0n) is 20.5. The van der Waals surface area contributed by atoms with Crippen LogP contribution in [0.25, 0.3) is 0 Å². The Morgan fingerprint density at radius 2 is 1.56 bits per heavy atom. The van der Waals surface area contributed by atoms with E-state index in [-0.39, 0.29) is 5.91 Å². The maximum absolute atomic E-state index is 12.8. The van der Waals surface area contributed by atoms with Crippen molar-refractivity contribution in [1.82, 2.24) is 0 Å². The number of esters is 1. The Hall–Kier alpha value is -4.33. The molecule has 0 atom stereocenters. The lowest BCUT2D eigenvalue weighted by molar-refractivity contribution is 0.0526. The highest BCUT2D eigenvalue weighted by atomic mass is 16.5. The molecule has 36 heavy (non-hydrogen) atoms. The minimum absolute atomic E-state index is 0.218. The van der Waals surface area contributed by atoms with Crippen molar-refractivity contribution in [3.05, 3.63) is 83.4 Å². The number of aryl methyl sites for hydroxylation is 1. The Kier molecular flexibility index (Phi) is 7.85. The Morgan fingerprint density at radius 1 is 0.833 bits per heavy atom. The molecule has 3 amide bonds. The third-order valence-corrected chi connectivity index (χ3v) is 5.88. The summed E-state index contributed by atoms with van der Waals surface area (Å²) in [7, 11) is 0. The standard InChI is InChI=1S/C28H30N4O4/c1-3-36-27(34)20-9-11-22(12-10-20)30-28(35)31-24-18-23(13-14-25(24)32-15-4-5-16-32)29-26(33)21-8-6-7-19(2)17-21/h6-14,17-18H,3-5,15-16H2,1-2H3,(H,29,33)(H2,30,31,35). The van der Waals surface area contributed by atoms with Crippen molar-refractivity contribution in [3.8, 4) is 0 Å². The average molecular weight is 487 g/mol. The predicted molar refractivity (Wildman–Crippen MR) is 142 cm³/mol. The molecule has 3 aromatic carbocycles. The van der Waals surface area contributed by atoms with Crippen LogP contribution in [0.1, 0.15) is 46.0 Å². The molecule has 4 rings (SSSR count). The van der Waals surface area contributed by atoms with Crippen LogP contribution in [0.4, 0.5) is 27.5 Å². The quantitative estimate of drug-likeness (QED) is 0.374. The zero-order valence-corrected chi connectivity index (χ0v) is 20.5. The molecular weight excluding hydrogens is 456 g/mol. The number of amides is 3. The Labute approximate surface area is 210 Å². The predicted octanol–water partition coefficient (Wildman–Crippen LogP) is 5.67. The summed E-state index contributed by atoms with van der Waals surface area (Å²) in [6, 6.07) is 19.0. The lowest BCUT2D eigenvalue weighted by atomic mass is 10.1. The minimum Gasteiger partial charge on any atom is -0.462 e. The van der Waals surface area contributed by atoms with E-state index in [0.29, 0.717) is 34.8 Å². The number of urea groups is 1. The van der Waals surface area contributed by atoms with Crippen LogP contribution in [0.2, 0.25) is 0 Å². The molecule has 3 N–H and O–H groups in total. The largest absolute Gasteiger partial charge is 0.462 e. The van der Waals surface area contributed by atoms with Crippen molar-refractivity contribution in [1.29, 1.82) is 0 Å².